The molecule has 20 heavy (non-hydrogen) atoms. The fraction of sp³-hybridized carbons (Fsp3) is 0.231. The van der Waals surface area contributed by atoms with Gasteiger partial charge in [0.05, 0.1) is 11.1 Å². The number of nitro benzene ring substituents is 1. The highest BCUT2D eigenvalue weighted by Gasteiger charge is 2.10. The van der Waals surface area contributed by atoms with Crippen LogP contribution in [0.1, 0.15) is 17.7 Å². The predicted octanol–water partition coefficient (Wildman–Crippen LogP) is 2.46. The fourth-order valence-electron chi connectivity index (χ4n) is 1.71. The maximum absolute atomic E-state index is 11.7. The molecule has 0 bridgehead atoms. The first-order valence-corrected chi connectivity index (χ1v) is 6.00. The molecule has 0 saturated heterocycles. The number of aromatic nitrogens is 1. The van der Waals surface area contributed by atoms with Gasteiger partial charge in [-0.1, -0.05) is 17.3 Å². The zero-order valence-corrected chi connectivity index (χ0v) is 10.8. The summed E-state index contributed by atoms with van der Waals surface area (Å²) in [5.41, 5.74) is 1.31. The molecule has 0 aliphatic heterocycles. The second-order valence-corrected chi connectivity index (χ2v) is 4.27. The van der Waals surface area contributed by atoms with E-state index in [1.165, 1.54) is 18.3 Å². The third-order valence-electron chi connectivity index (χ3n) is 2.79. The molecule has 0 aliphatic carbocycles. The lowest BCUT2D eigenvalue weighted by Gasteiger charge is -2.03. The van der Waals surface area contributed by atoms with Crippen LogP contribution in [0.25, 0.3) is 0 Å². The Morgan fingerprint density at radius 1 is 1.50 bits per heavy atom. The van der Waals surface area contributed by atoms with Crippen LogP contribution in [0.5, 0.6) is 0 Å². The SMILES string of the molecule is Cc1oncc1NC(=O)CCc1cccc([N+](=O)[O-])c1. The number of carbonyl (C=O) groups excluding carboxylic acids is 1. The Kier molecular flexibility index (Phi) is 4.09. The standard InChI is InChI=1S/C13H13N3O4/c1-9-12(8-14-20-9)15-13(17)6-5-10-3-2-4-11(7-10)16(18)19/h2-4,7-8H,5-6H2,1H3,(H,15,17). The molecule has 7 heteroatoms. The smallest absolute Gasteiger partial charge is 0.269 e. The quantitative estimate of drug-likeness (QED) is 0.667. The van der Waals surface area contributed by atoms with Crippen molar-refractivity contribution >= 4 is 17.3 Å². The normalized spacial score (nSPS) is 10.2. The van der Waals surface area contributed by atoms with Gasteiger partial charge in [0.15, 0.2) is 5.76 Å². The van der Waals surface area contributed by atoms with E-state index < -0.39 is 4.92 Å². The van der Waals surface area contributed by atoms with Gasteiger partial charge >= 0.3 is 0 Å². The number of benzene rings is 1. The first-order valence-electron chi connectivity index (χ1n) is 6.00. The number of carbonyl (C=O) groups is 1. The second kappa shape index (κ2) is 5.96. The number of non-ortho nitro benzene ring substituents is 1. The van der Waals surface area contributed by atoms with E-state index in [2.05, 4.69) is 10.5 Å². The Labute approximate surface area is 114 Å². The van der Waals surface area contributed by atoms with Gasteiger partial charge in [-0.25, -0.2) is 0 Å². The molecule has 1 N–H and O–H groups in total. The first kappa shape index (κ1) is 13.7. The fourth-order valence-corrected chi connectivity index (χ4v) is 1.71. The average molecular weight is 275 g/mol. The Bertz CT molecular complexity index is 636. The maximum atomic E-state index is 11.7. The predicted molar refractivity (Wildman–Crippen MR) is 71.3 cm³/mol. The number of hydrogen-bond donors (Lipinski definition) is 1. The van der Waals surface area contributed by atoms with Crippen molar-refractivity contribution in [1.29, 1.82) is 0 Å². The van der Waals surface area contributed by atoms with E-state index in [0.29, 0.717) is 17.9 Å². The van der Waals surface area contributed by atoms with E-state index in [4.69, 9.17) is 4.52 Å². The Hall–Kier alpha value is -2.70. The van der Waals surface area contributed by atoms with E-state index in [1.54, 1.807) is 19.1 Å². The summed E-state index contributed by atoms with van der Waals surface area (Å²) >= 11 is 0. The molecule has 1 amide bonds. The lowest BCUT2D eigenvalue weighted by Crippen LogP contribution is -2.12. The minimum absolute atomic E-state index is 0.0257. The molecule has 0 unspecified atom stereocenters. The van der Waals surface area contributed by atoms with Crippen molar-refractivity contribution in [2.45, 2.75) is 19.8 Å². The molecule has 2 aromatic rings. The topological polar surface area (TPSA) is 98.3 Å². The van der Waals surface area contributed by atoms with Gasteiger partial charge in [-0.3, -0.25) is 14.9 Å². The van der Waals surface area contributed by atoms with Crippen LogP contribution in [0, 0.1) is 17.0 Å². The molecule has 0 fully saturated rings. The van der Waals surface area contributed by atoms with Crippen LogP contribution >= 0.6 is 0 Å². The second-order valence-electron chi connectivity index (χ2n) is 4.27. The molecule has 0 atom stereocenters. The molecule has 7 nitrogen and oxygen atoms in total. The van der Waals surface area contributed by atoms with Crippen molar-refractivity contribution in [3.8, 4) is 0 Å². The molecule has 1 heterocycles. The van der Waals surface area contributed by atoms with E-state index in [-0.39, 0.29) is 18.0 Å². The molecule has 0 spiro atoms. The van der Waals surface area contributed by atoms with Gasteiger partial charge in [-0.15, -0.1) is 0 Å². The number of nitrogens with zero attached hydrogens (tertiary/aromatic N) is 2. The zero-order valence-electron chi connectivity index (χ0n) is 10.8. The molecular formula is C13H13N3O4. The van der Waals surface area contributed by atoms with Gasteiger partial charge in [0.2, 0.25) is 5.91 Å². The number of hydrogen-bond acceptors (Lipinski definition) is 5. The van der Waals surface area contributed by atoms with Crippen LogP contribution in [0.2, 0.25) is 0 Å². The summed E-state index contributed by atoms with van der Waals surface area (Å²) < 4.78 is 4.83. The molecule has 0 saturated carbocycles. The van der Waals surface area contributed by atoms with Gasteiger partial charge in [0.25, 0.3) is 5.69 Å². The van der Waals surface area contributed by atoms with Crippen LogP contribution in [-0.4, -0.2) is 16.0 Å². The minimum Gasteiger partial charge on any atom is -0.359 e. The van der Waals surface area contributed by atoms with E-state index >= 15 is 0 Å². The highest BCUT2D eigenvalue weighted by molar-refractivity contribution is 5.91. The minimum atomic E-state index is -0.454. The number of amides is 1. The molecule has 0 radical (unpaired) electrons. The van der Waals surface area contributed by atoms with Crippen molar-refractivity contribution in [1.82, 2.24) is 5.16 Å². The Balaban J connectivity index is 1.92. The van der Waals surface area contributed by atoms with Crippen molar-refractivity contribution < 1.29 is 14.2 Å². The molecule has 0 aliphatic rings. The number of rotatable bonds is 5. The lowest BCUT2D eigenvalue weighted by atomic mass is 10.1. The Morgan fingerprint density at radius 3 is 2.95 bits per heavy atom. The molecule has 1 aromatic heterocycles. The third-order valence-corrected chi connectivity index (χ3v) is 2.79. The molecule has 1 aromatic carbocycles. The van der Waals surface area contributed by atoms with Crippen molar-refractivity contribution in [2.75, 3.05) is 5.32 Å². The number of anilines is 1. The highest BCUT2D eigenvalue weighted by Crippen LogP contribution is 2.16. The van der Waals surface area contributed by atoms with Gasteiger partial charge in [0, 0.05) is 18.6 Å². The van der Waals surface area contributed by atoms with Crippen molar-refractivity contribution in [3.63, 3.8) is 0 Å². The zero-order chi connectivity index (χ0) is 14.5. The van der Waals surface area contributed by atoms with Crippen LogP contribution in [0.15, 0.2) is 35.0 Å². The summed E-state index contributed by atoms with van der Waals surface area (Å²) in [6, 6.07) is 6.25. The largest absolute Gasteiger partial charge is 0.359 e. The Morgan fingerprint density at radius 2 is 2.30 bits per heavy atom. The summed E-state index contributed by atoms with van der Waals surface area (Å²) in [6.07, 6.45) is 2.09. The molecule has 104 valence electrons. The third kappa shape index (κ3) is 3.41. The first-order chi connectivity index (χ1) is 9.56. The molecule has 2 rings (SSSR count). The maximum Gasteiger partial charge on any atom is 0.269 e. The van der Waals surface area contributed by atoms with Crippen LogP contribution in [0.3, 0.4) is 0 Å². The van der Waals surface area contributed by atoms with E-state index in [1.807, 2.05) is 0 Å². The van der Waals surface area contributed by atoms with Gasteiger partial charge in [-0.05, 0) is 18.9 Å². The summed E-state index contributed by atoms with van der Waals surface area (Å²) in [4.78, 5) is 21.9. The summed E-state index contributed by atoms with van der Waals surface area (Å²) in [5.74, 6) is 0.344. The molecular weight excluding hydrogens is 262 g/mol. The number of aryl methyl sites for hydroxylation is 2. The van der Waals surface area contributed by atoms with Crippen LogP contribution in [-0.2, 0) is 11.2 Å². The van der Waals surface area contributed by atoms with Crippen molar-refractivity contribution in [3.05, 3.63) is 51.9 Å². The van der Waals surface area contributed by atoms with E-state index in [0.717, 1.165) is 5.56 Å². The van der Waals surface area contributed by atoms with E-state index in [9.17, 15) is 14.9 Å². The lowest BCUT2D eigenvalue weighted by molar-refractivity contribution is -0.384. The highest BCUT2D eigenvalue weighted by atomic mass is 16.6. The number of nitrogens with one attached hydrogen (secondary N) is 1. The number of nitro groups is 1. The van der Waals surface area contributed by atoms with Gasteiger partial charge in [-0.2, -0.15) is 0 Å². The van der Waals surface area contributed by atoms with Crippen LogP contribution < -0.4 is 5.32 Å². The van der Waals surface area contributed by atoms with Crippen molar-refractivity contribution in [2.24, 2.45) is 0 Å². The van der Waals surface area contributed by atoms with Gasteiger partial charge < -0.3 is 9.84 Å². The van der Waals surface area contributed by atoms with Gasteiger partial charge in [0.1, 0.15) is 5.69 Å². The monoisotopic (exact) mass is 275 g/mol. The summed E-state index contributed by atoms with van der Waals surface area (Å²) in [7, 11) is 0. The van der Waals surface area contributed by atoms with Crippen LogP contribution in [0.4, 0.5) is 11.4 Å². The summed E-state index contributed by atoms with van der Waals surface area (Å²) in [6.45, 7) is 1.70. The average Bonchev–Trinajstić information content (AvgIpc) is 2.82. The summed E-state index contributed by atoms with van der Waals surface area (Å²) in [5, 5.41) is 16.9.